The fourth-order valence-electron chi connectivity index (χ4n) is 3.81. The van der Waals surface area contributed by atoms with E-state index in [0.29, 0.717) is 0 Å². The van der Waals surface area contributed by atoms with Crippen molar-refractivity contribution in [3.8, 4) is 0 Å². The van der Waals surface area contributed by atoms with E-state index in [2.05, 4.69) is 130 Å². The number of para-hydroxylation sites is 1. The maximum Gasteiger partial charge on any atom is 0.0546 e. The number of rotatable bonds is 3. The lowest BCUT2D eigenvalue weighted by atomic mass is 9.99. The van der Waals surface area contributed by atoms with E-state index in [-0.39, 0.29) is 0 Å². The molecule has 0 aromatic heterocycles. The molecule has 0 atom stereocenters. The Hall–Kier alpha value is -3.10. The quantitative estimate of drug-likeness (QED) is 0.264. The van der Waals surface area contributed by atoms with Crippen molar-refractivity contribution in [2.45, 2.75) is 0 Å². The van der Waals surface area contributed by atoms with Gasteiger partial charge in [0.15, 0.2) is 0 Å². The SMILES string of the molecule is Brc1ccc(N(c2ccccc2)c2cc3ccccc3c3ccccc23)cc1. The summed E-state index contributed by atoms with van der Waals surface area (Å²) in [7, 11) is 0. The minimum Gasteiger partial charge on any atom is -0.310 e. The van der Waals surface area contributed by atoms with Gasteiger partial charge < -0.3 is 4.90 Å². The van der Waals surface area contributed by atoms with Crippen molar-refractivity contribution in [1.82, 2.24) is 0 Å². The molecule has 0 aliphatic rings. The van der Waals surface area contributed by atoms with Gasteiger partial charge in [0, 0.05) is 21.2 Å². The average molecular weight is 424 g/mol. The number of benzene rings is 5. The predicted octanol–water partition coefficient (Wildman–Crippen LogP) is 8.23. The Balaban J connectivity index is 1.86. The first-order chi connectivity index (χ1) is 13.8. The highest BCUT2D eigenvalue weighted by Crippen LogP contribution is 2.41. The third kappa shape index (κ3) is 2.96. The summed E-state index contributed by atoms with van der Waals surface area (Å²) in [6.07, 6.45) is 0. The highest BCUT2D eigenvalue weighted by molar-refractivity contribution is 9.10. The molecule has 5 rings (SSSR count). The van der Waals surface area contributed by atoms with Gasteiger partial charge in [-0.1, -0.05) is 82.7 Å². The van der Waals surface area contributed by atoms with E-state index in [0.717, 1.165) is 15.8 Å². The second-order valence-electron chi connectivity index (χ2n) is 6.81. The van der Waals surface area contributed by atoms with Gasteiger partial charge in [0.05, 0.1) is 5.69 Å². The minimum atomic E-state index is 1.08. The summed E-state index contributed by atoms with van der Waals surface area (Å²) in [5.41, 5.74) is 3.46. The van der Waals surface area contributed by atoms with Crippen LogP contribution in [0.5, 0.6) is 0 Å². The Bertz CT molecular complexity index is 1260. The van der Waals surface area contributed by atoms with E-state index in [1.165, 1.54) is 27.2 Å². The van der Waals surface area contributed by atoms with E-state index >= 15 is 0 Å². The minimum absolute atomic E-state index is 1.08. The lowest BCUT2D eigenvalue weighted by Gasteiger charge is -2.27. The summed E-state index contributed by atoms with van der Waals surface area (Å²) in [5.74, 6) is 0. The Morgan fingerprint density at radius 1 is 0.500 bits per heavy atom. The molecule has 0 heterocycles. The molecule has 28 heavy (non-hydrogen) atoms. The van der Waals surface area contributed by atoms with Crippen LogP contribution in [0.2, 0.25) is 0 Å². The van der Waals surface area contributed by atoms with Crippen LogP contribution in [0, 0.1) is 0 Å². The molecule has 0 N–H and O–H groups in total. The Morgan fingerprint density at radius 3 is 1.82 bits per heavy atom. The summed E-state index contributed by atoms with van der Waals surface area (Å²) >= 11 is 3.56. The fraction of sp³-hybridized carbons (Fsp3) is 0. The van der Waals surface area contributed by atoms with Crippen LogP contribution in [0.15, 0.2) is 114 Å². The van der Waals surface area contributed by atoms with Crippen LogP contribution < -0.4 is 4.90 Å². The highest BCUT2D eigenvalue weighted by Gasteiger charge is 2.16. The topological polar surface area (TPSA) is 3.24 Å². The second-order valence-corrected chi connectivity index (χ2v) is 7.73. The molecule has 0 saturated heterocycles. The van der Waals surface area contributed by atoms with Crippen LogP contribution in [-0.4, -0.2) is 0 Å². The maximum atomic E-state index is 3.56. The summed E-state index contributed by atoms with van der Waals surface area (Å²) in [6.45, 7) is 0. The average Bonchev–Trinajstić information content (AvgIpc) is 2.76. The molecule has 5 aromatic carbocycles. The zero-order valence-corrected chi connectivity index (χ0v) is 16.8. The third-order valence-electron chi connectivity index (χ3n) is 5.09. The largest absolute Gasteiger partial charge is 0.310 e. The summed E-state index contributed by atoms with van der Waals surface area (Å²) in [5, 5.41) is 5.04. The maximum absolute atomic E-state index is 3.56. The highest BCUT2D eigenvalue weighted by atomic mass is 79.9. The molecule has 1 nitrogen and oxygen atoms in total. The molecule has 0 spiro atoms. The van der Waals surface area contributed by atoms with Crippen LogP contribution in [0.4, 0.5) is 17.1 Å². The molecule has 0 aliphatic carbocycles. The summed E-state index contributed by atoms with van der Waals surface area (Å²) < 4.78 is 1.08. The Morgan fingerprint density at radius 2 is 1.07 bits per heavy atom. The fourth-order valence-corrected chi connectivity index (χ4v) is 4.08. The van der Waals surface area contributed by atoms with Gasteiger partial charge in [0.25, 0.3) is 0 Å². The van der Waals surface area contributed by atoms with Crippen LogP contribution >= 0.6 is 15.9 Å². The second kappa shape index (κ2) is 7.14. The number of fused-ring (bicyclic) bond motifs is 3. The first-order valence-corrected chi connectivity index (χ1v) is 10.1. The van der Waals surface area contributed by atoms with E-state index in [1.807, 2.05) is 0 Å². The van der Waals surface area contributed by atoms with Crippen LogP contribution in [-0.2, 0) is 0 Å². The smallest absolute Gasteiger partial charge is 0.0546 e. The van der Waals surface area contributed by atoms with Gasteiger partial charge in [-0.2, -0.15) is 0 Å². The van der Waals surface area contributed by atoms with E-state index in [1.54, 1.807) is 0 Å². The van der Waals surface area contributed by atoms with Gasteiger partial charge in [-0.25, -0.2) is 0 Å². The third-order valence-corrected chi connectivity index (χ3v) is 5.61. The van der Waals surface area contributed by atoms with Crippen molar-refractivity contribution in [2.24, 2.45) is 0 Å². The van der Waals surface area contributed by atoms with E-state index in [9.17, 15) is 0 Å². The number of nitrogens with zero attached hydrogens (tertiary/aromatic N) is 1. The van der Waals surface area contributed by atoms with Crippen molar-refractivity contribution in [1.29, 1.82) is 0 Å². The molecule has 0 fully saturated rings. The van der Waals surface area contributed by atoms with Gasteiger partial charge >= 0.3 is 0 Å². The lowest BCUT2D eigenvalue weighted by molar-refractivity contribution is 1.30. The van der Waals surface area contributed by atoms with Gasteiger partial charge in [-0.05, 0) is 58.6 Å². The molecular weight excluding hydrogens is 406 g/mol. The van der Waals surface area contributed by atoms with Crippen molar-refractivity contribution in [2.75, 3.05) is 4.90 Å². The number of hydrogen-bond acceptors (Lipinski definition) is 1. The molecule has 0 aliphatic heterocycles. The Kier molecular flexibility index (Phi) is 4.34. The molecule has 5 aromatic rings. The number of hydrogen-bond donors (Lipinski definition) is 0. The predicted molar refractivity (Wildman–Crippen MR) is 124 cm³/mol. The molecule has 0 bridgehead atoms. The van der Waals surface area contributed by atoms with Crippen molar-refractivity contribution in [3.05, 3.63) is 114 Å². The van der Waals surface area contributed by atoms with E-state index in [4.69, 9.17) is 0 Å². The van der Waals surface area contributed by atoms with Crippen LogP contribution in [0.1, 0.15) is 0 Å². The molecule has 0 radical (unpaired) electrons. The lowest BCUT2D eigenvalue weighted by Crippen LogP contribution is -2.10. The standard InChI is InChI=1S/C26H18BrN/c27-20-14-16-22(17-15-20)28(21-9-2-1-3-10-21)26-18-19-8-4-5-11-23(19)24-12-6-7-13-25(24)26/h1-18H. The van der Waals surface area contributed by atoms with Gasteiger partial charge in [-0.15, -0.1) is 0 Å². The Labute approximate surface area is 173 Å². The molecule has 0 saturated carbocycles. The molecular formula is C26H18BrN. The van der Waals surface area contributed by atoms with E-state index < -0.39 is 0 Å². The number of halogens is 1. The van der Waals surface area contributed by atoms with Gasteiger partial charge in [-0.3, -0.25) is 0 Å². The molecule has 0 unspecified atom stereocenters. The van der Waals surface area contributed by atoms with Crippen LogP contribution in [0.25, 0.3) is 21.5 Å². The molecule has 0 amide bonds. The van der Waals surface area contributed by atoms with Gasteiger partial charge in [0.2, 0.25) is 0 Å². The van der Waals surface area contributed by atoms with Crippen molar-refractivity contribution < 1.29 is 0 Å². The summed E-state index contributed by atoms with van der Waals surface area (Å²) in [4.78, 5) is 2.33. The van der Waals surface area contributed by atoms with Crippen molar-refractivity contribution in [3.63, 3.8) is 0 Å². The number of anilines is 3. The normalized spacial score (nSPS) is 11.0. The molecule has 2 heteroatoms. The zero-order valence-electron chi connectivity index (χ0n) is 15.2. The summed E-state index contributed by atoms with van der Waals surface area (Å²) in [6, 6.07) is 38.6. The monoisotopic (exact) mass is 423 g/mol. The molecule has 134 valence electrons. The van der Waals surface area contributed by atoms with Crippen LogP contribution in [0.3, 0.4) is 0 Å². The first kappa shape index (κ1) is 17.0. The van der Waals surface area contributed by atoms with Gasteiger partial charge in [0.1, 0.15) is 0 Å². The zero-order chi connectivity index (χ0) is 18.9. The van der Waals surface area contributed by atoms with Crippen molar-refractivity contribution >= 4 is 54.5 Å². The first-order valence-electron chi connectivity index (χ1n) is 9.32.